The number of nitrogens with one attached hydrogen (secondary N) is 3. The molecule has 0 saturated carbocycles. The molecule has 5 amide bonds. The molecule has 19 nitrogen and oxygen atoms in total. The van der Waals surface area contributed by atoms with Gasteiger partial charge >= 0.3 is 5.97 Å². The minimum absolute atomic E-state index is 0. The summed E-state index contributed by atoms with van der Waals surface area (Å²) in [6.07, 6.45) is 2.86. The highest BCUT2D eigenvalue weighted by Gasteiger charge is 2.43. The van der Waals surface area contributed by atoms with Gasteiger partial charge in [0.15, 0.2) is 11.6 Å². The first-order valence-corrected chi connectivity index (χ1v) is 25.9. The Morgan fingerprint density at radius 2 is 1.51 bits per heavy atom. The van der Waals surface area contributed by atoms with Gasteiger partial charge in [0, 0.05) is 45.9 Å². The number of hydrogen-bond acceptors (Lipinski definition) is 13. The molecule has 1 fully saturated rings. The van der Waals surface area contributed by atoms with E-state index < -0.39 is 121 Å². The number of carboxylic acids is 1. The zero-order chi connectivity index (χ0) is 54.6. The predicted molar refractivity (Wildman–Crippen MR) is 282 cm³/mol. The maximum Gasteiger partial charge on any atom is 0.326 e. The molecule has 1 heterocycles. The van der Waals surface area contributed by atoms with Crippen molar-refractivity contribution in [2.24, 2.45) is 23.7 Å². The third-order valence-electron chi connectivity index (χ3n) is 13.6. The second-order valence-electron chi connectivity index (χ2n) is 20.3. The van der Waals surface area contributed by atoms with Gasteiger partial charge in [0.1, 0.15) is 30.5 Å². The van der Waals surface area contributed by atoms with Crippen LogP contribution in [0.25, 0.3) is 5.57 Å². The van der Waals surface area contributed by atoms with E-state index in [1.165, 1.54) is 35.9 Å². The Hall–Kier alpha value is -6.02. The first kappa shape index (κ1) is 63.3. The Bertz CT molecular complexity index is 2270. The van der Waals surface area contributed by atoms with Crippen LogP contribution < -0.4 is 16.0 Å². The van der Waals surface area contributed by atoms with Crippen molar-refractivity contribution in [1.82, 2.24) is 25.8 Å². The average Bonchev–Trinajstić information content (AvgIpc) is 4.02. The summed E-state index contributed by atoms with van der Waals surface area (Å²) in [4.78, 5) is 113. The second-order valence-corrected chi connectivity index (χ2v) is 20.3. The molecular weight excluding hydrogens is 967 g/mol. The number of unbranched alkanes of at least 4 members (excludes halogenated alkanes) is 1. The summed E-state index contributed by atoms with van der Waals surface area (Å²) >= 11 is 0. The van der Waals surface area contributed by atoms with E-state index in [9.17, 15) is 58.8 Å². The number of benzene rings is 2. The Labute approximate surface area is 442 Å². The highest BCUT2D eigenvalue weighted by Crippen LogP contribution is 2.33. The minimum atomic E-state index is -1.39. The van der Waals surface area contributed by atoms with Gasteiger partial charge in [-0.1, -0.05) is 90.9 Å². The molecule has 75 heavy (non-hydrogen) atoms. The van der Waals surface area contributed by atoms with E-state index in [1.54, 1.807) is 26.0 Å². The number of aliphatic hydroxyl groups is 2. The number of amides is 5. The lowest BCUT2D eigenvalue weighted by molar-refractivity contribution is -0.150. The van der Waals surface area contributed by atoms with E-state index in [-0.39, 0.29) is 64.5 Å². The molecule has 6 unspecified atom stereocenters. The van der Waals surface area contributed by atoms with Crippen molar-refractivity contribution in [2.75, 3.05) is 46.6 Å². The standard InChI is InChI=1S/C55H79N5O14.CH4/c1-8-9-23-73-24-25-74-32-49(66)56-43(26-33(2)3)47(64)30-42(35(6)62)51(67)58-50(34(4)5)48(65)29-39(31-61)53(69)60-22-12-15-45(60)54(70)59(7)46(28-38-19-18-37-13-10-11-14-41(37)38)52(68)57-44(55(71)72)27-36-16-20-40(63)21-17-36;/h10-11,13-14,16-17,19-21,33-35,39,42-46,50,61-63H,8-9,12,15,18,22-32H2,1-7H3,(H,56,66)(H,57,68)(H,58,67)(H,71,72);1H4/t35?,39?,42?,43-,44?,45?,46?,50-;/m0./s1. The van der Waals surface area contributed by atoms with Gasteiger partial charge < -0.3 is 55.7 Å². The molecule has 19 heteroatoms. The number of ketones is 2. The molecule has 8 atom stereocenters. The Balaban J connectivity index is 0.0000148. The van der Waals surface area contributed by atoms with Crippen LogP contribution in [0.15, 0.2) is 54.6 Å². The van der Waals surface area contributed by atoms with Crippen LogP contribution in [0, 0.1) is 23.7 Å². The van der Waals surface area contributed by atoms with Crippen LogP contribution in [0.3, 0.4) is 0 Å². The molecule has 1 aliphatic carbocycles. The van der Waals surface area contributed by atoms with Crippen LogP contribution in [0.2, 0.25) is 0 Å². The summed E-state index contributed by atoms with van der Waals surface area (Å²) in [5, 5.41) is 49.3. The van der Waals surface area contributed by atoms with Crippen molar-refractivity contribution in [3.8, 4) is 5.75 Å². The van der Waals surface area contributed by atoms with Gasteiger partial charge in [-0.2, -0.15) is 0 Å². The van der Waals surface area contributed by atoms with Crippen LogP contribution in [0.4, 0.5) is 0 Å². The molecule has 4 rings (SSSR count). The fourth-order valence-corrected chi connectivity index (χ4v) is 9.34. The highest BCUT2D eigenvalue weighted by molar-refractivity contribution is 5.98. The summed E-state index contributed by atoms with van der Waals surface area (Å²) in [7, 11) is 1.42. The first-order valence-electron chi connectivity index (χ1n) is 25.9. The van der Waals surface area contributed by atoms with Crippen LogP contribution in [-0.4, -0.2) is 160 Å². The molecule has 1 aliphatic heterocycles. The largest absolute Gasteiger partial charge is 0.508 e. The summed E-state index contributed by atoms with van der Waals surface area (Å²) < 4.78 is 10.9. The predicted octanol–water partition coefficient (Wildman–Crippen LogP) is 4.02. The van der Waals surface area contributed by atoms with Gasteiger partial charge in [-0.05, 0) is 85.3 Å². The smallest absolute Gasteiger partial charge is 0.326 e. The van der Waals surface area contributed by atoms with Gasteiger partial charge in [0.05, 0.1) is 49.8 Å². The minimum Gasteiger partial charge on any atom is -0.508 e. The summed E-state index contributed by atoms with van der Waals surface area (Å²) in [6.45, 7) is 10.5. The lowest BCUT2D eigenvalue weighted by Crippen LogP contribution is -2.56. The Morgan fingerprint density at radius 3 is 2.13 bits per heavy atom. The van der Waals surface area contributed by atoms with Crippen LogP contribution >= 0.6 is 0 Å². The molecule has 2 aliphatic rings. The number of likely N-dealkylation sites (tertiary alicyclic amines) is 1. The van der Waals surface area contributed by atoms with E-state index >= 15 is 0 Å². The van der Waals surface area contributed by atoms with E-state index in [0.29, 0.717) is 31.6 Å². The van der Waals surface area contributed by atoms with Crippen molar-refractivity contribution >= 4 is 52.6 Å². The van der Waals surface area contributed by atoms with E-state index in [2.05, 4.69) is 16.0 Å². The average molecular weight is 1050 g/mol. The van der Waals surface area contributed by atoms with Crippen LogP contribution in [0.1, 0.15) is 117 Å². The van der Waals surface area contributed by atoms with Crippen molar-refractivity contribution in [3.05, 3.63) is 71.3 Å². The maximum absolute atomic E-state index is 14.6. The quantitative estimate of drug-likeness (QED) is 0.0510. The zero-order valence-corrected chi connectivity index (χ0v) is 44.0. The van der Waals surface area contributed by atoms with Crippen molar-refractivity contribution in [1.29, 1.82) is 0 Å². The lowest BCUT2D eigenvalue weighted by atomic mass is 9.88. The van der Waals surface area contributed by atoms with E-state index in [1.807, 2.05) is 51.1 Å². The monoisotopic (exact) mass is 1050 g/mol. The SMILES string of the molecule is C.CCCCOCCOCC(=O)N[C@@H](CC(C)C)C(=O)CC(C(=O)N[C@H](C(=O)CC(CO)C(=O)N1CCCC1C(=O)N(C)C(CC1=CCc2ccccc21)C(=O)NC(Cc1ccc(O)cc1)C(=O)O)C(C)C)C(C)O. The van der Waals surface area contributed by atoms with Crippen molar-refractivity contribution < 1.29 is 68.3 Å². The van der Waals surface area contributed by atoms with Gasteiger partial charge in [0.25, 0.3) is 0 Å². The lowest BCUT2D eigenvalue weighted by Gasteiger charge is -2.34. The number of carboxylic acid groups (broad SMARTS) is 1. The number of aliphatic carboxylic acids is 1. The van der Waals surface area contributed by atoms with Gasteiger partial charge in [-0.25, -0.2) is 4.79 Å². The Kier molecular flexibility index (Phi) is 26.3. The topological polar surface area (TPSA) is 279 Å². The number of aliphatic hydroxyl groups excluding tert-OH is 2. The van der Waals surface area contributed by atoms with Crippen molar-refractivity contribution in [3.63, 3.8) is 0 Å². The first-order chi connectivity index (χ1) is 35.2. The molecular formula is C56H83N5O14. The number of nitrogens with zero attached hydrogens (tertiary/aromatic N) is 2. The van der Waals surface area contributed by atoms with Crippen LogP contribution in [-0.2, 0) is 60.7 Å². The number of carbonyl (C=O) groups is 8. The van der Waals surface area contributed by atoms with Gasteiger partial charge in [-0.15, -0.1) is 0 Å². The fourth-order valence-electron chi connectivity index (χ4n) is 9.34. The summed E-state index contributed by atoms with van der Waals surface area (Å²) in [6, 6.07) is 7.60. The highest BCUT2D eigenvalue weighted by atomic mass is 16.5. The molecule has 0 aromatic heterocycles. The number of fused-ring (bicyclic) bond motifs is 1. The number of aromatic hydroxyl groups is 1. The number of likely N-dealkylation sites (N-methyl/N-ethyl adjacent to an activating group) is 1. The molecule has 7 N–H and O–H groups in total. The molecule has 0 bridgehead atoms. The molecule has 416 valence electrons. The number of rotatable bonds is 32. The molecule has 2 aromatic rings. The van der Waals surface area contributed by atoms with E-state index in [4.69, 9.17) is 9.47 Å². The van der Waals surface area contributed by atoms with Gasteiger partial charge in [-0.3, -0.25) is 33.6 Å². The summed E-state index contributed by atoms with van der Waals surface area (Å²) in [5.41, 5.74) is 3.23. The second kappa shape index (κ2) is 31.1. The number of hydrogen-bond donors (Lipinski definition) is 7. The number of carbonyl (C=O) groups excluding carboxylic acids is 7. The molecule has 1 saturated heterocycles. The zero-order valence-electron chi connectivity index (χ0n) is 44.0. The third kappa shape index (κ3) is 18.9. The summed E-state index contributed by atoms with van der Waals surface area (Å²) in [5.74, 6) is -9.02. The van der Waals surface area contributed by atoms with Gasteiger partial charge in [0.2, 0.25) is 29.5 Å². The normalized spacial score (nSPS) is 16.8. The fraction of sp³-hybridized carbons (Fsp3) is 0.607. The molecule has 0 spiro atoms. The van der Waals surface area contributed by atoms with E-state index in [0.717, 1.165) is 29.5 Å². The number of phenolic OH excluding ortho intramolecular Hbond substituents is 1. The molecule has 0 radical (unpaired) electrons. The maximum atomic E-state index is 14.6. The van der Waals surface area contributed by atoms with Crippen molar-refractivity contribution in [2.45, 2.75) is 149 Å². The Morgan fingerprint density at radius 1 is 0.827 bits per heavy atom. The number of Topliss-reactive ketones (excluding diaryl/α,β-unsaturated/α-hetero) is 2. The number of phenols is 1. The molecule has 2 aromatic carbocycles. The third-order valence-corrected chi connectivity index (χ3v) is 13.6. The number of ether oxygens (including phenoxy) is 2. The van der Waals surface area contributed by atoms with Crippen LogP contribution in [0.5, 0.6) is 5.75 Å². The number of allylic oxidation sites excluding steroid dienone is 1.